The van der Waals surface area contributed by atoms with Gasteiger partial charge in [-0.25, -0.2) is 0 Å². The minimum atomic E-state index is 0.838. The van der Waals surface area contributed by atoms with Gasteiger partial charge in [0.1, 0.15) is 0 Å². The van der Waals surface area contributed by atoms with Crippen molar-refractivity contribution in [1.29, 1.82) is 0 Å². The van der Waals surface area contributed by atoms with Crippen LogP contribution in [0.3, 0.4) is 0 Å². The third-order valence-corrected chi connectivity index (χ3v) is 3.21. The third-order valence-electron chi connectivity index (χ3n) is 3.21. The van der Waals surface area contributed by atoms with Gasteiger partial charge in [0.2, 0.25) is 0 Å². The summed E-state index contributed by atoms with van der Waals surface area (Å²) in [6, 6.07) is 6.92. The molecule has 1 aromatic carbocycles. The molecule has 1 rings (SSSR count). The summed E-state index contributed by atoms with van der Waals surface area (Å²) in [4.78, 5) is 0. The molecule has 0 aliphatic carbocycles. The lowest BCUT2D eigenvalue weighted by Gasteiger charge is -2.06. The smallest absolute Gasteiger partial charge is 0.00773 e. The predicted octanol–water partition coefficient (Wildman–Crippen LogP) is 3.62. The van der Waals surface area contributed by atoms with Crippen molar-refractivity contribution in [3.05, 3.63) is 34.9 Å². The van der Waals surface area contributed by atoms with Crippen molar-refractivity contribution in [3.63, 3.8) is 0 Å². The van der Waals surface area contributed by atoms with E-state index < -0.39 is 0 Å². The fourth-order valence-corrected chi connectivity index (χ4v) is 2.14. The molecule has 0 spiro atoms. The quantitative estimate of drug-likeness (QED) is 0.696. The molecule has 1 heteroatoms. The number of hydrogen-bond acceptors (Lipinski definition) is 1. The van der Waals surface area contributed by atoms with Crippen LogP contribution in [0.2, 0.25) is 0 Å². The molecule has 0 fully saturated rings. The second-order valence-electron chi connectivity index (χ2n) is 4.57. The van der Waals surface area contributed by atoms with Gasteiger partial charge in [-0.1, -0.05) is 38.0 Å². The molecule has 0 aliphatic heterocycles. The van der Waals surface area contributed by atoms with Gasteiger partial charge in [-0.05, 0) is 55.8 Å². The Morgan fingerprint density at radius 3 is 2.44 bits per heavy atom. The molecule has 0 saturated heterocycles. The summed E-state index contributed by atoms with van der Waals surface area (Å²) in [5.74, 6) is 0. The van der Waals surface area contributed by atoms with Crippen LogP contribution in [0.25, 0.3) is 0 Å². The van der Waals surface area contributed by atoms with Crippen molar-refractivity contribution in [2.24, 2.45) is 5.73 Å². The van der Waals surface area contributed by atoms with E-state index in [9.17, 15) is 0 Å². The standard InChI is InChI=1S/C15H25N/c1-3-15-10-9-14(12-13(15)2)8-6-4-5-7-11-16/h9-10,12H,3-8,11,16H2,1-2H3. The summed E-state index contributed by atoms with van der Waals surface area (Å²) < 4.78 is 0. The van der Waals surface area contributed by atoms with E-state index in [1.807, 2.05) is 0 Å². The molecule has 1 nitrogen and oxygen atoms in total. The lowest BCUT2D eigenvalue weighted by atomic mass is 9.99. The molecule has 0 amide bonds. The largest absolute Gasteiger partial charge is 0.330 e. The summed E-state index contributed by atoms with van der Waals surface area (Å²) in [6.07, 6.45) is 7.42. The number of rotatable bonds is 7. The van der Waals surface area contributed by atoms with Crippen molar-refractivity contribution >= 4 is 0 Å². The molecule has 0 heterocycles. The van der Waals surface area contributed by atoms with Crippen LogP contribution in [0.5, 0.6) is 0 Å². The Labute approximate surface area is 100 Å². The summed E-state index contributed by atoms with van der Waals surface area (Å²) >= 11 is 0. The van der Waals surface area contributed by atoms with Crippen molar-refractivity contribution in [1.82, 2.24) is 0 Å². The van der Waals surface area contributed by atoms with E-state index in [2.05, 4.69) is 32.0 Å². The molecule has 0 aliphatic rings. The van der Waals surface area contributed by atoms with E-state index >= 15 is 0 Å². The summed E-state index contributed by atoms with van der Waals surface area (Å²) in [5, 5.41) is 0. The lowest BCUT2D eigenvalue weighted by molar-refractivity contribution is 0.646. The minimum absolute atomic E-state index is 0.838. The molecule has 0 saturated carbocycles. The van der Waals surface area contributed by atoms with Gasteiger partial charge in [0.25, 0.3) is 0 Å². The number of aryl methyl sites for hydroxylation is 3. The maximum Gasteiger partial charge on any atom is -0.00773 e. The van der Waals surface area contributed by atoms with Gasteiger partial charge in [0.05, 0.1) is 0 Å². The molecule has 2 N–H and O–H groups in total. The van der Waals surface area contributed by atoms with Gasteiger partial charge in [-0.2, -0.15) is 0 Å². The topological polar surface area (TPSA) is 26.0 Å². The summed E-state index contributed by atoms with van der Waals surface area (Å²) in [6.45, 7) is 5.27. The third kappa shape index (κ3) is 4.36. The number of hydrogen-bond donors (Lipinski definition) is 1. The summed E-state index contributed by atoms with van der Waals surface area (Å²) in [7, 11) is 0. The first-order chi connectivity index (χ1) is 7.77. The fourth-order valence-electron chi connectivity index (χ4n) is 2.14. The Kier molecular flexibility index (Phi) is 6.17. The molecule has 1 aromatic rings. The average molecular weight is 219 g/mol. The zero-order valence-electron chi connectivity index (χ0n) is 10.8. The van der Waals surface area contributed by atoms with Crippen molar-refractivity contribution in [3.8, 4) is 0 Å². The first-order valence-corrected chi connectivity index (χ1v) is 6.56. The SMILES string of the molecule is CCc1ccc(CCCCCCN)cc1C. The lowest BCUT2D eigenvalue weighted by Crippen LogP contribution is -1.98. The second kappa shape index (κ2) is 7.45. The van der Waals surface area contributed by atoms with Gasteiger partial charge in [0, 0.05) is 0 Å². The molecular formula is C15H25N. The van der Waals surface area contributed by atoms with E-state index in [0.717, 1.165) is 13.0 Å². The Balaban J connectivity index is 2.34. The minimum Gasteiger partial charge on any atom is -0.330 e. The highest BCUT2D eigenvalue weighted by Gasteiger charge is 1.98. The van der Waals surface area contributed by atoms with Crippen molar-refractivity contribution in [2.75, 3.05) is 6.54 Å². The van der Waals surface area contributed by atoms with Crippen LogP contribution < -0.4 is 5.73 Å². The normalized spacial score (nSPS) is 10.7. The second-order valence-corrected chi connectivity index (χ2v) is 4.57. The first kappa shape index (κ1) is 13.2. The fraction of sp³-hybridized carbons (Fsp3) is 0.600. The molecule has 0 bridgehead atoms. The number of benzene rings is 1. The number of unbranched alkanes of at least 4 members (excludes halogenated alkanes) is 3. The van der Waals surface area contributed by atoms with E-state index in [4.69, 9.17) is 5.73 Å². The molecule has 0 radical (unpaired) electrons. The van der Waals surface area contributed by atoms with Gasteiger partial charge in [0.15, 0.2) is 0 Å². The zero-order chi connectivity index (χ0) is 11.8. The van der Waals surface area contributed by atoms with E-state index in [1.54, 1.807) is 0 Å². The molecule has 0 unspecified atom stereocenters. The predicted molar refractivity (Wildman–Crippen MR) is 71.8 cm³/mol. The Hall–Kier alpha value is -0.820. The molecule has 0 aromatic heterocycles. The zero-order valence-corrected chi connectivity index (χ0v) is 10.8. The van der Waals surface area contributed by atoms with Crippen LogP contribution in [0, 0.1) is 6.92 Å². The Morgan fingerprint density at radius 2 is 1.81 bits per heavy atom. The van der Waals surface area contributed by atoms with Crippen LogP contribution in [-0.4, -0.2) is 6.54 Å². The highest BCUT2D eigenvalue weighted by atomic mass is 14.5. The maximum atomic E-state index is 5.47. The monoisotopic (exact) mass is 219 g/mol. The van der Waals surface area contributed by atoms with Crippen molar-refractivity contribution < 1.29 is 0 Å². The molecule has 16 heavy (non-hydrogen) atoms. The van der Waals surface area contributed by atoms with Crippen LogP contribution in [0.4, 0.5) is 0 Å². The van der Waals surface area contributed by atoms with E-state index in [1.165, 1.54) is 48.8 Å². The van der Waals surface area contributed by atoms with Crippen LogP contribution in [-0.2, 0) is 12.8 Å². The van der Waals surface area contributed by atoms with Crippen LogP contribution in [0.1, 0.15) is 49.3 Å². The van der Waals surface area contributed by atoms with Gasteiger partial charge in [-0.3, -0.25) is 0 Å². The van der Waals surface area contributed by atoms with E-state index in [0.29, 0.717) is 0 Å². The molecule has 0 atom stereocenters. The molecular weight excluding hydrogens is 194 g/mol. The highest BCUT2D eigenvalue weighted by Crippen LogP contribution is 2.14. The van der Waals surface area contributed by atoms with Gasteiger partial charge in [-0.15, -0.1) is 0 Å². The van der Waals surface area contributed by atoms with E-state index in [-0.39, 0.29) is 0 Å². The van der Waals surface area contributed by atoms with Gasteiger partial charge < -0.3 is 5.73 Å². The summed E-state index contributed by atoms with van der Waals surface area (Å²) in [5.41, 5.74) is 9.89. The van der Waals surface area contributed by atoms with Crippen LogP contribution >= 0.6 is 0 Å². The van der Waals surface area contributed by atoms with Gasteiger partial charge >= 0.3 is 0 Å². The maximum absolute atomic E-state index is 5.47. The molecule has 90 valence electrons. The van der Waals surface area contributed by atoms with Crippen LogP contribution in [0.15, 0.2) is 18.2 Å². The Morgan fingerprint density at radius 1 is 1.06 bits per heavy atom. The average Bonchev–Trinajstić information content (AvgIpc) is 2.29. The number of nitrogens with two attached hydrogens (primary N) is 1. The highest BCUT2D eigenvalue weighted by molar-refractivity contribution is 5.31. The first-order valence-electron chi connectivity index (χ1n) is 6.56. The van der Waals surface area contributed by atoms with Crippen molar-refractivity contribution in [2.45, 2.75) is 52.4 Å². The Bertz CT molecular complexity index is 304.